The lowest BCUT2D eigenvalue weighted by Gasteiger charge is -2.16. The fourth-order valence-electron chi connectivity index (χ4n) is 2.74. The highest BCUT2D eigenvalue weighted by Crippen LogP contribution is 2.36. The molecule has 0 radical (unpaired) electrons. The molecule has 6 nitrogen and oxygen atoms in total. The van der Waals surface area contributed by atoms with Crippen LogP contribution >= 0.6 is 0 Å². The fraction of sp³-hybridized carbons (Fsp3) is 0.318. The molecule has 2 aromatic rings. The van der Waals surface area contributed by atoms with E-state index in [0.29, 0.717) is 29.6 Å². The van der Waals surface area contributed by atoms with E-state index in [-0.39, 0.29) is 0 Å². The van der Waals surface area contributed by atoms with Gasteiger partial charge in [-0.3, -0.25) is 0 Å². The Labute approximate surface area is 165 Å². The van der Waals surface area contributed by atoms with Gasteiger partial charge in [-0.1, -0.05) is 18.2 Å². The molecule has 2 rings (SSSR count). The van der Waals surface area contributed by atoms with Crippen molar-refractivity contribution in [1.82, 2.24) is 0 Å². The van der Waals surface area contributed by atoms with Gasteiger partial charge < -0.3 is 24.7 Å². The molecule has 0 bridgehead atoms. The van der Waals surface area contributed by atoms with Crippen LogP contribution in [0, 0.1) is 0 Å². The number of hydrogen-bond donors (Lipinski definition) is 1. The predicted molar refractivity (Wildman–Crippen MR) is 109 cm³/mol. The van der Waals surface area contributed by atoms with E-state index in [1.807, 2.05) is 44.2 Å². The maximum absolute atomic E-state index is 11.9. The highest BCUT2D eigenvalue weighted by Gasteiger charge is 2.16. The third kappa shape index (κ3) is 4.84. The molecule has 1 atom stereocenters. The number of rotatable bonds is 8. The van der Waals surface area contributed by atoms with Gasteiger partial charge in [0.05, 0.1) is 20.8 Å². The molecule has 0 amide bonds. The molecule has 1 unspecified atom stereocenters. The van der Waals surface area contributed by atoms with Gasteiger partial charge in [-0.2, -0.15) is 0 Å². The number of carbonyl (C=O) groups excluding carboxylic acids is 1. The first kappa shape index (κ1) is 21.3. The number of carbonyl (C=O) groups is 1. The van der Waals surface area contributed by atoms with Gasteiger partial charge in [0.2, 0.25) is 0 Å². The summed E-state index contributed by atoms with van der Waals surface area (Å²) in [6.07, 6.45) is 1.98. The highest BCUT2D eigenvalue weighted by atomic mass is 16.6. The number of ether oxygens (including phenoxy) is 4. The van der Waals surface area contributed by atoms with Gasteiger partial charge in [-0.05, 0) is 61.7 Å². The van der Waals surface area contributed by atoms with E-state index in [0.717, 1.165) is 16.7 Å². The van der Waals surface area contributed by atoms with Crippen LogP contribution in [0.1, 0.15) is 31.9 Å². The maximum Gasteiger partial charge on any atom is 0.328 e. The Morgan fingerprint density at radius 3 is 2.00 bits per heavy atom. The smallest absolute Gasteiger partial charge is 0.328 e. The first-order valence-corrected chi connectivity index (χ1v) is 9.08. The quantitative estimate of drug-likeness (QED) is 0.550. The second-order valence-corrected chi connectivity index (χ2v) is 6.08. The van der Waals surface area contributed by atoms with Gasteiger partial charge in [-0.25, -0.2) is 4.79 Å². The predicted octanol–water partition coefficient (Wildman–Crippen LogP) is 3.81. The minimum absolute atomic E-state index is 0.320. The Bertz CT molecular complexity index is 858. The summed E-state index contributed by atoms with van der Waals surface area (Å²) in [6, 6.07) is 10.4. The molecule has 0 saturated heterocycles. The maximum atomic E-state index is 11.9. The van der Waals surface area contributed by atoms with E-state index in [1.54, 1.807) is 26.2 Å². The second kappa shape index (κ2) is 9.80. The summed E-state index contributed by atoms with van der Waals surface area (Å²) >= 11 is 0. The van der Waals surface area contributed by atoms with Crippen molar-refractivity contribution in [2.24, 2.45) is 5.73 Å². The van der Waals surface area contributed by atoms with Gasteiger partial charge >= 0.3 is 5.97 Å². The molecule has 0 saturated carbocycles. The summed E-state index contributed by atoms with van der Waals surface area (Å²) in [5.74, 6) is 1.58. The normalized spacial score (nSPS) is 12.3. The van der Waals surface area contributed by atoms with E-state index < -0.39 is 12.0 Å². The zero-order valence-electron chi connectivity index (χ0n) is 16.9. The Kier molecular flexibility index (Phi) is 7.46. The Balaban J connectivity index is 2.47. The first-order chi connectivity index (χ1) is 13.4. The summed E-state index contributed by atoms with van der Waals surface area (Å²) in [7, 11) is 3.13. The van der Waals surface area contributed by atoms with Gasteiger partial charge in [0.25, 0.3) is 0 Å². The molecule has 0 heterocycles. The Hall–Kier alpha value is -2.99. The van der Waals surface area contributed by atoms with Gasteiger partial charge in [-0.15, -0.1) is 0 Å². The largest absolute Gasteiger partial charge is 0.493 e. The third-order valence-electron chi connectivity index (χ3n) is 4.12. The van der Waals surface area contributed by atoms with Crippen LogP contribution in [0.25, 0.3) is 5.57 Å². The number of benzene rings is 2. The summed E-state index contributed by atoms with van der Waals surface area (Å²) in [5.41, 5.74) is 8.37. The minimum Gasteiger partial charge on any atom is -0.493 e. The molecule has 2 aromatic carbocycles. The van der Waals surface area contributed by atoms with Gasteiger partial charge in [0.15, 0.2) is 23.0 Å². The molecule has 0 fully saturated rings. The second-order valence-electron chi connectivity index (χ2n) is 6.08. The van der Waals surface area contributed by atoms with Crippen LogP contribution in [0.5, 0.6) is 23.0 Å². The van der Waals surface area contributed by atoms with Crippen LogP contribution in [0.15, 0.2) is 42.5 Å². The van der Waals surface area contributed by atoms with E-state index in [9.17, 15) is 4.79 Å². The molecule has 28 heavy (non-hydrogen) atoms. The summed E-state index contributed by atoms with van der Waals surface area (Å²) < 4.78 is 21.8. The standard InChI is InChI=1S/C22H27NO5/c1-6-17(15-8-10-18(25-4)20(12-15)27-7-2)16-9-11-19(26-5)21(13-16)28-22(24)14(3)23/h6,8-14H,7,23H2,1-5H3/b17-6-. The van der Waals surface area contributed by atoms with Crippen molar-refractivity contribution in [3.63, 3.8) is 0 Å². The van der Waals surface area contributed by atoms with Gasteiger partial charge in [0.1, 0.15) is 6.04 Å². The SMILES string of the molecule is C/C=C(/c1ccc(OC)c(OCC)c1)c1ccc(OC)c(OC(=O)C(C)N)c1. The summed E-state index contributed by atoms with van der Waals surface area (Å²) in [6.45, 7) is 5.97. The lowest BCUT2D eigenvalue weighted by molar-refractivity contribution is -0.135. The molecule has 2 N–H and O–H groups in total. The van der Waals surface area contributed by atoms with Gasteiger partial charge in [0, 0.05) is 0 Å². The Morgan fingerprint density at radius 2 is 1.54 bits per heavy atom. The molecule has 0 aliphatic carbocycles. The van der Waals surface area contributed by atoms with Crippen molar-refractivity contribution >= 4 is 11.5 Å². The first-order valence-electron chi connectivity index (χ1n) is 9.08. The van der Waals surface area contributed by atoms with Crippen molar-refractivity contribution < 1.29 is 23.7 Å². The van der Waals surface area contributed by atoms with E-state index in [2.05, 4.69) is 0 Å². The third-order valence-corrected chi connectivity index (χ3v) is 4.12. The van der Waals surface area contributed by atoms with Crippen LogP contribution in [-0.4, -0.2) is 32.8 Å². The van der Waals surface area contributed by atoms with Crippen LogP contribution < -0.4 is 24.7 Å². The minimum atomic E-state index is -0.732. The van der Waals surface area contributed by atoms with Crippen molar-refractivity contribution in [1.29, 1.82) is 0 Å². The number of methoxy groups -OCH3 is 2. The zero-order valence-corrected chi connectivity index (χ0v) is 16.9. The van der Waals surface area contributed by atoms with E-state index in [1.165, 1.54) is 7.11 Å². The van der Waals surface area contributed by atoms with Crippen LogP contribution in [0.3, 0.4) is 0 Å². The summed E-state index contributed by atoms with van der Waals surface area (Å²) in [4.78, 5) is 11.9. The van der Waals surface area contributed by atoms with Crippen LogP contribution in [0.2, 0.25) is 0 Å². The average Bonchev–Trinajstić information content (AvgIpc) is 2.69. The molecule has 0 aliphatic heterocycles. The average molecular weight is 385 g/mol. The fourth-order valence-corrected chi connectivity index (χ4v) is 2.74. The van der Waals surface area contributed by atoms with Crippen molar-refractivity contribution in [2.75, 3.05) is 20.8 Å². The molecule has 0 spiro atoms. The highest BCUT2D eigenvalue weighted by molar-refractivity contribution is 5.83. The number of hydrogen-bond acceptors (Lipinski definition) is 6. The molecule has 0 aromatic heterocycles. The lowest BCUT2D eigenvalue weighted by Crippen LogP contribution is -2.31. The molecule has 6 heteroatoms. The topological polar surface area (TPSA) is 80.0 Å². The van der Waals surface area contributed by atoms with Crippen LogP contribution in [-0.2, 0) is 4.79 Å². The van der Waals surface area contributed by atoms with Crippen LogP contribution in [0.4, 0.5) is 0 Å². The summed E-state index contributed by atoms with van der Waals surface area (Å²) in [5, 5.41) is 0. The number of allylic oxidation sites excluding steroid dienone is 1. The molecule has 150 valence electrons. The molecule has 0 aliphatic rings. The lowest BCUT2D eigenvalue weighted by atomic mass is 9.97. The number of esters is 1. The zero-order chi connectivity index (χ0) is 20.7. The van der Waals surface area contributed by atoms with Crippen molar-refractivity contribution in [3.8, 4) is 23.0 Å². The van der Waals surface area contributed by atoms with E-state index in [4.69, 9.17) is 24.7 Å². The monoisotopic (exact) mass is 385 g/mol. The van der Waals surface area contributed by atoms with Crippen molar-refractivity contribution in [3.05, 3.63) is 53.6 Å². The number of nitrogens with two attached hydrogens (primary N) is 1. The molecular formula is C22H27NO5. The van der Waals surface area contributed by atoms with E-state index >= 15 is 0 Å². The Morgan fingerprint density at radius 1 is 1.00 bits per heavy atom. The van der Waals surface area contributed by atoms with Crippen molar-refractivity contribution in [2.45, 2.75) is 26.8 Å². The molecular weight excluding hydrogens is 358 g/mol.